The molecule has 3 heteroatoms. The Hall–Kier alpha value is -1.87. The number of halogens is 1. The number of rotatable bonds is 3. The van der Waals surface area contributed by atoms with Crippen molar-refractivity contribution in [2.45, 2.75) is 38.3 Å². The van der Waals surface area contributed by atoms with Crippen molar-refractivity contribution in [2.75, 3.05) is 5.32 Å². The van der Waals surface area contributed by atoms with Gasteiger partial charge in [-0.15, -0.1) is 0 Å². The number of nitrogens with one attached hydrogen (secondary N) is 1. The van der Waals surface area contributed by atoms with Gasteiger partial charge in [-0.2, -0.15) is 0 Å². The van der Waals surface area contributed by atoms with Crippen LogP contribution in [0.1, 0.15) is 43.1 Å². The molecular weight excluding hydrogens is 265 g/mol. The minimum atomic E-state index is -0.581. The van der Waals surface area contributed by atoms with E-state index in [0.29, 0.717) is 24.2 Å². The van der Waals surface area contributed by atoms with E-state index in [1.165, 1.54) is 6.07 Å². The van der Waals surface area contributed by atoms with Crippen molar-refractivity contribution in [1.29, 1.82) is 0 Å². The summed E-state index contributed by atoms with van der Waals surface area (Å²) in [6.45, 7) is 4.59. The summed E-state index contributed by atoms with van der Waals surface area (Å²) in [7, 11) is 0. The number of benzene rings is 2. The van der Waals surface area contributed by atoms with Crippen molar-refractivity contribution >= 4 is 5.69 Å². The maximum Gasteiger partial charge on any atom is 0.129 e. The minimum absolute atomic E-state index is 0.232. The van der Waals surface area contributed by atoms with Gasteiger partial charge in [-0.05, 0) is 40.7 Å². The van der Waals surface area contributed by atoms with Gasteiger partial charge in [0.2, 0.25) is 0 Å². The topological polar surface area (TPSA) is 32.3 Å². The van der Waals surface area contributed by atoms with Gasteiger partial charge in [0.25, 0.3) is 0 Å². The van der Waals surface area contributed by atoms with Crippen LogP contribution in [0, 0.1) is 5.82 Å². The Kier molecular flexibility index (Phi) is 3.46. The predicted molar refractivity (Wildman–Crippen MR) is 82.8 cm³/mol. The molecule has 110 valence electrons. The van der Waals surface area contributed by atoms with Crippen LogP contribution in [-0.4, -0.2) is 5.11 Å². The summed E-state index contributed by atoms with van der Waals surface area (Å²) in [5.41, 5.74) is 2.92. The van der Waals surface area contributed by atoms with Crippen LogP contribution >= 0.6 is 0 Å². The highest BCUT2D eigenvalue weighted by atomic mass is 19.1. The first-order valence-electron chi connectivity index (χ1n) is 7.27. The maximum atomic E-state index is 14.4. The molecule has 0 bridgehead atoms. The molecule has 0 saturated carbocycles. The molecule has 2 nitrogen and oxygen atoms in total. The van der Waals surface area contributed by atoms with Crippen LogP contribution in [0.2, 0.25) is 0 Å². The molecule has 2 aromatic carbocycles. The van der Waals surface area contributed by atoms with Crippen LogP contribution in [0.15, 0.2) is 42.5 Å². The Bertz CT molecular complexity index is 652. The molecule has 3 rings (SSSR count). The predicted octanol–water partition coefficient (Wildman–Crippen LogP) is 4.15. The molecule has 21 heavy (non-hydrogen) atoms. The molecule has 0 radical (unpaired) electrons. The largest absolute Gasteiger partial charge is 0.388 e. The van der Waals surface area contributed by atoms with Crippen molar-refractivity contribution in [3.8, 4) is 0 Å². The molecule has 1 atom stereocenters. The molecule has 2 aromatic rings. The monoisotopic (exact) mass is 285 g/mol. The van der Waals surface area contributed by atoms with E-state index in [1.807, 2.05) is 50.2 Å². The van der Waals surface area contributed by atoms with Gasteiger partial charge in [-0.1, -0.05) is 44.2 Å². The van der Waals surface area contributed by atoms with Crippen LogP contribution in [0.5, 0.6) is 0 Å². The van der Waals surface area contributed by atoms with Gasteiger partial charge in [-0.3, -0.25) is 0 Å². The van der Waals surface area contributed by atoms with Crippen LogP contribution in [0.25, 0.3) is 0 Å². The highest BCUT2D eigenvalue weighted by Crippen LogP contribution is 2.46. The Morgan fingerprint density at radius 1 is 1.24 bits per heavy atom. The third kappa shape index (κ3) is 2.66. The second kappa shape index (κ2) is 5.15. The zero-order chi connectivity index (χ0) is 15.0. The molecule has 0 heterocycles. The fraction of sp³-hybridized carbons (Fsp3) is 0.333. The zero-order valence-electron chi connectivity index (χ0n) is 12.4. The van der Waals surface area contributed by atoms with Gasteiger partial charge in [-0.25, -0.2) is 4.39 Å². The maximum absolute atomic E-state index is 14.4. The van der Waals surface area contributed by atoms with Gasteiger partial charge in [0.05, 0.1) is 6.10 Å². The van der Waals surface area contributed by atoms with E-state index in [0.717, 1.165) is 11.1 Å². The molecular formula is C18H20FNO. The summed E-state index contributed by atoms with van der Waals surface area (Å²) in [6.07, 6.45) is -0.00975. The van der Waals surface area contributed by atoms with Crippen molar-refractivity contribution in [3.63, 3.8) is 0 Å². The lowest BCUT2D eigenvalue weighted by molar-refractivity contribution is 0.161. The van der Waals surface area contributed by atoms with Crippen LogP contribution < -0.4 is 5.32 Å². The van der Waals surface area contributed by atoms with E-state index in [4.69, 9.17) is 0 Å². The first-order chi connectivity index (χ1) is 9.97. The molecule has 0 aliphatic heterocycles. The summed E-state index contributed by atoms with van der Waals surface area (Å²) in [5.74, 6) is -0.232. The molecule has 1 aliphatic carbocycles. The molecule has 0 fully saturated rings. The Morgan fingerprint density at radius 2 is 1.95 bits per heavy atom. The average Bonchev–Trinajstić information content (AvgIpc) is 2.68. The van der Waals surface area contributed by atoms with Gasteiger partial charge in [0, 0.05) is 12.2 Å². The number of hydrogen-bond donors (Lipinski definition) is 2. The minimum Gasteiger partial charge on any atom is -0.388 e. The van der Waals surface area contributed by atoms with Crippen LogP contribution in [0.4, 0.5) is 10.1 Å². The normalized spacial score (nSPS) is 19.3. The summed E-state index contributed by atoms with van der Waals surface area (Å²) in [5, 5.41) is 13.4. The number of fused-ring (bicyclic) bond motifs is 1. The molecule has 0 saturated heterocycles. The summed E-state index contributed by atoms with van der Waals surface area (Å²) < 4.78 is 14.4. The van der Waals surface area contributed by atoms with E-state index in [9.17, 15) is 9.50 Å². The highest BCUT2D eigenvalue weighted by Gasteiger charge is 2.38. The number of aliphatic hydroxyl groups excluding tert-OH is 1. The summed E-state index contributed by atoms with van der Waals surface area (Å²) in [4.78, 5) is 0. The highest BCUT2D eigenvalue weighted by molar-refractivity contribution is 5.54. The van der Waals surface area contributed by atoms with E-state index in [2.05, 4.69) is 5.32 Å². The second-order valence-corrected chi connectivity index (χ2v) is 6.37. The van der Waals surface area contributed by atoms with Gasteiger partial charge >= 0.3 is 0 Å². The van der Waals surface area contributed by atoms with Crippen molar-refractivity contribution in [1.82, 2.24) is 0 Å². The van der Waals surface area contributed by atoms with E-state index < -0.39 is 6.10 Å². The summed E-state index contributed by atoms with van der Waals surface area (Å²) >= 11 is 0. The third-order valence-electron chi connectivity index (χ3n) is 4.20. The van der Waals surface area contributed by atoms with Gasteiger partial charge < -0.3 is 10.4 Å². The first-order valence-corrected chi connectivity index (χ1v) is 7.27. The molecule has 0 spiro atoms. The molecule has 2 N–H and O–H groups in total. The zero-order valence-corrected chi connectivity index (χ0v) is 12.4. The fourth-order valence-electron chi connectivity index (χ4n) is 3.20. The average molecular weight is 285 g/mol. The molecule has 0 aromatic heterocycles. The number of hydrogen-bond acceptors (Lipinski definition) is 2. The lowest BCUT2D eigenvalue weighted by Gasteiger charge is -2.19. The van der Waals surface area contributed by atoms with E-state index in [-0.39, 0.29) is 11.2 Å². The Balaban J connectivity index is 1.86. The SMILES string of the molecule is CC1(C)CC(O)c2cc(NCc3ccccc3)cc(F)c21. The standard InChI is InChI=1S/C18H20FNO/c1-18(2)10-16(21)14-8-13(9-15(19)17(14)18)20-11-12-6-4-3-5-7-12/h3-9,16,20-21H,10-11H2,1-2H3. The molecule has 0 amide bonds. The van der Waals surface area contributed by atoms with Crippen molar-refractivity contribution in [3.05, 3.63) is 65.0 Å². The second-order valence-electron chi connectivity index (χ2n) is 6.37. The van der Waals surface area contributed by atoms with Crippen molar-refractivity contribution < 1.29 is 9.50 Å². The Morgan fingerprint density at radius 3 is 2.67 bits per heavy atom. The van der Waals surface area contributed by atoms with Gasteiger partial charge in [0.15, 0.2) is 0 Å². The Labute approximate surface area is 124 Å². The lowest BCUT2D eigenvalue weighted by atomic mass is 9.86. The lowest BCUT2D eigenvalue weighted by Crippen LogP contribution is -2.14. The quantitative estimate of drug-likeness (QED) is 0.887. The van der Waals surface area contributed by atoms with Crippen molar-refractivity contribution in [2.24, 2.45) is 0 Å². The summed E-state index contributed by atoms with van der Waals surface area (Å²) in [6, 6.07) is 13.4. The fourth-order valence-corrected chi connectivity index (χ4v) is 3.20. The van der Waals surface area contributed by atoms with E-state index >= 15 is 0 Å². The molecule has 1 aliphatic rings. The van der Waals surface area contributed by atoms with Crippen LogP contribution in [-0.2, 0) is 12.0 Å². The van der Waals surface area contributed by atoms with E-state index in [1.54, 1.807) is 0 Å². The van der Waals surface area contributed by atoms with Crippen LogP contribution in [0.3, 0.4) is 0 Å². The number of aliphatic hydroxyl groups is 1. The third-order valence-corrected chi connectivity index (χ3v) is 4.20. The first kappa shape index (κ1) is 14.1. The smallest absolute Gasteiger partial charge is 0.129 e. The van der Waals surface area contributed by atoms with Gasteiger partial charge in [0.1, 0.15) is 5.82 Å². The molecule has 1 unspecified atom stereocenters. The number of anilines is 1.